The Morgan fingerprint density at radius 2 is 1.86 bits per heavy atom. The van der Waals surface area contributed by atoms with Crippen LogP contribution >= 0.6 is 0 Å². The second-order valence-corrected chi connectivity index (χ2v) is 6.78. The summed E-state index contributed by atoms with van der Waals surface area (Å²) >= 11 is 0. The first-order chi connectivity index (χ1) is 14.2. The molecular formula is C21H17N7O. The van der Waals surface area contributed by atoms with E-state index >= 15 is 0 Å². The van der Waals surface area contributed by atoms with Gasteiger partial charge in [0.2, 0.25) is 5.95 Å². The molecule has 3 heterocycles. The van der Waals surface area contributed by atoms with Crippen LogP contribution in [-0.2, 0) is 0 Å². The Morgan fingerprint density at radius 1 is 1.00 bits per heavy atom. The summed E-state index contributed by atoms with van der Waals surface area (Å²) in [5.41, 5.74) is 4.34. The Labute approximate surface area is 165 Å². The number of anilines is 1. The predicted molar refractivity (Wildman–Crippen MR) is 110 cm³/mol. The Kier molecular flexibility index (Phi) is 4.02. The molecule has 0 bridgehead atoms. The average molecular weight is 383 g/mol. The number of phenolic OH excluding ortho intramolecular Hbond substituents is 1. The Hall–Kier alpha value is -4.07. The molecule has 8 nitrogen and oxygen atoms in total. The molecule has 2 aromatic carbocycles. The molecule has 0 aliphatic heterocycles. The van der Waals surface area contributed by atoms with Crippen molar-refractivity contribution in [3.8, 4) is 17.0 Å². The third-order valence-electron chi connectivity index (χ3n) is 4.84. The van der Waals surface area contributed by atoms with Crippen molar-refractivity contribution in [3.05, 3.63) is 66.7 Å². The van der Waals surface area contributed by atoms with Crippen LogP contribution in [0, 0.1) is 0 Å². The second kappa shape index (κ2) is 6.83. The minimum atomic E-state index is 0.00252. The number of H-pyrrole nitrogens is 1. The average Bonchev–Trinajstić information content (AvgIpc) is 3.23. The number of nitrogens with zero attached hydrogens (tertiary/aromatic N) is 5. The summed E-state index contributed by atoms with van der Waals surface area (Å²) in [6.45, 7) is 2.02. The van der Waals surface area contributed by atoms with Gasteiger partial charge in [-0.25, -0.2) is 19.9 Å². The lowest BCUT2D eigenvalue weighted by atomic mass is 10.1. The van der Waals surface area contributed by atoms with Gasteiger partial charge in [-0.2, -0.15) is 5.10 Å². The van der Waals surface area contributed by atoms with E-state index < -0.39 is 0 Å². The summed E-state index contributed by atoms with van der Waals surface area (Å²) in [5, 5.41) is 21.4. The molecule has 8 heteroatoms. The smallest absolute Gasteiger partial charge is 0.223 e. The van der Waals surface area contributed by atoms with Gasteiger partial charge in [0, 0.05) is 17.1 Å². The molecule has 0 radical (unpaired) electrons. The number of nitrogens with one attached hydrogen (secondary N) is 2. The number of aromatic hydroxyl groups is 1. The highest BCUT2D eigenvalue weighted by atomic mass is 16.3. The van der Waals surface area contributed by atoms with Crippen molar-refractivity contribution in [1.29, 1.82) is 0 Å². The zero-order valence-corrected chi connectivity index (χ0v) is 15.5. The lowest BCUT2D eigenvalue weighted by molar-refractivity contribution is 0.475. The lowest BCUT2D eigenvalue weighted by Gasteiger charge is -2.14. The first kappa shape index (κ1) is 17.1. The molecule has 0 saturated heterocycles. The van der Waals surface area contributed by atoms with Crippen LogP contribution in [-0.4, -0.2) is 35.2 Å². The van der Waals surface area contributed by atoms with Crippen LogP contribution in [0.2, 0.25) is 0 Å². The van der Waals surface area contributed by atoms with E-state index in [1.54, 1.807) is 24.5 Å². The van der Waals surface area contributed by atoms with E-state index in [1.165, 1.54) is 6.33 Å². The monoisotopic (exact) mass is 383 g/mol. The number of benzene rings is 2. The number of rotatable bonds is 4. The van der Waals surface area contributed by atoms with Crippen LogP contribution in [0.4, 0.5) is 5.95 Å². The maximum absolute atomic E-state index is 9.44. The number of hydrogen-bond donors (Lipinski definition) is 3. The van der Waals surface area contributed by atoms with Gasteiger partial charge in [0.1, 0.15) is 12.1 Å². The molecule has 3 N–H and O–H groups in total. The third kappa shape index (κ3) is 3.20. The zero-order valence-electron chi connectivity index (χ0n) is 15.5. The summed E-state index contributed by atoms with van der Waals surface area (Å²) in [7, 11) is 0. The van der Waals surface area contributed by atoms with Crippen molar-refractivity contribution in [3.63, 3.8) is 0 Å². The maximum atomic E-state index is 9.44. The van der Waals surface area contributed by atoms with Crippen LogP contribution in [0.1, 0.15) is 18.5 Å². The summed E-state index contributed by atoms with van der Waals surface area (Å²) in [6.07, 6.45) is 5.04. The minimum absolute atomic E-state index is 0.00252. The van der Waals surface area contributed by atoms with Crippen molar-refractivity contribution < 1.29 is 5.11 Å². The van der Waals surface area contributed by atoms with Gasteiger partial charge in [-0.05, 0) is 36.8 Å². The van der Waals surface area contributed by atoms with Gasteiger partial charge in [-0.3, -0.25) is 5.10 Å². The van der Waals surface area contributed by atoms with Crippen molar-refractivity contribution in [2.45, 2.75) is 13.0 Å². The van der Waals surface area contributed by atoms with E-state index in [2.05, 4.69) is 35.5 Å². The topological polar surface area (TPSA) is 113 Å². The highest BCUT2D eigenvalue weighted by molar-refractivity contribution is 5.93. The normalized spacial score (nSPS) is 12.3. The van der Waals surface area contributed by atoms with Crippen molar-refractivity contribution in [1.82, 2.24) is 30.1 Å². The molecule has 0 saturated carbocycles. The van der Waals surface area contributed by atoms with Gasteiger partial charge in [-0.1, -0.05) is 18.2 Å². The Morgan fingerprint density at radius 3 is 2.72 bits per heavy atom. The van der Waals surface area contributed by atoms with E-state index in [0.29, 0.717) is 11.6 Å². The van der Waals surface area contributed by atoms with Crippen molar-refractivity contribution in [2.75, 3.05) is 5.32 Å². The fraction of sp³-hybridized carbons (Fsp3) is 0.0952. The molecule has 1 atom stereocenters. The molecule has 29 heavy (non-hydrogen) atoms. The van der Waals surface area contributed by atoms with Crippen molar-refractivity contribution >= 4 is 27.9 Å². The first-order valence-electron chi connectivity index (χ1n) is 9.14. The molecule has 0 amide bonds. The fourth-order valence-electron chi connectivity index (χ4n) is 3.29. The molecule has 0 unspecified atom stereocenters. The van der Waals surface area contributed by atoms with Crippen LogP contribution < -0.4 is 5.32 Å². The third-order valence-corrected chi connectivity index (χ3v) is 4.84. The fourth-order valence-corrected chi connectivity index (χ4v) is 3.29. The van der Waals surface area contributed by atoms with Gasteiger partial charge in [0.15, 0.2) is 5.65 Å². The van der Waals surface area contributed by atoms with E-state index in [1.807, 2.05) is 37.3 Å². The van der Waals surface area contributed by atoms with E-state index in [0.717, 1.165) is 33.1 Å². The van der Waals surface area contributed by atoms with E-state index in [4.69, 9.17) is 0 Å². The van der Waals surface area contributed by atoms with Gasteiger partial charge < -0.3 is 10.4 Å². The van der Waals surface area contributed by atoms with Crippen LogP contribution in [0.15, 0.2) is 61.2 Å². The zero-order chi connectivity index (χ0) is 19.8. The summed E-state index contributed by atoms with van der Waals surface area (Å²) in [6, 6.07) is 13.0. The number of hydrogen-bond acceptors (Lipinski definition) is 7. The number of fused-ring (bicyclic) bond motifs is 2. The Bertz CT molecular complexity index is 1310. The van der Waals surface area contributed by atoms with Crippen LogP contribution in [0.25, 0.3) is 33.2 Å². The minimum Gasteiger partial charge on any atom is -0.508 e. The van der Waals surface area contributed by atoms with Gasteiger partial charge in [0.25, 0.3) is 0 Å². The predicted octanol–water partition coefficient (Wildman–Crippen LogP) is 3.84. The summed E-state index contributed by atoms with van der Waals surface area (Å²) < 4.78 is 0. The largest absolute Gasteiger partial charge is 0.508 e. The quantitative estimate of drug-likeness (QED) is 0.432. The summed E-state index contributed by atoms with van der Waals surface area (Å²) in [5.74, 6) is 0.792. The molecule has 0 aliphatic rings. The number of phenols is 1. The lowest BCUT2D eigenvalue weighted by Crippen LogP contribution is -2.09. The van der Waals surface area contributed by atoms with Gasteiger partial charge in [-0.15, -0.1) is 0 Å². The molecule has 3 aromatic heterocycles. The molecule has 142 valence electrons. The molecule has 0 spiro atoms. The molecule has 5 rings (SSSR count). The number of aromatic amines is 1. The van der Waals surface area contributed by atoms with E-state index in [9.17, 15) is 5.11 Å². The first-order valence-corrected chi connectivity index (χ1v) is 9.14. The standard InChI is InChI=1S/C21H17N7O/c1-12(13-2-5-16(29)6-3-13)26-21-22-9-15-8-14(4-7-18(15)27-21)19-17-10-25-28-20(17)24-11-23-19/h2-12,29H,1H3,(H,22,26,27)(H,23,24,25,28)/t12-/m1/s1. The molecular weight excluding hydrogens is 366 g/mol. The summed E-state index contributed by atoms with van der Waals surface area (Å²) in [4.78, 5) is 17.7. The Balaban J connectivity index is 1.45. The highest BCUT2D eigenvalue weighted by Crippen LogP contribution is 2.27. The van der Waals surface area contributed by atoms with Gasteiger partial charge >= 0.3 is 0 Å². The molecule has 0 aliphatic carbocycles. The van der Waals surface area contributed by atoms with Crippen LogP contribution in [0.5, 0.6) is 5.75 Å². The second-order valence-electron chi connectivity index (χ2n) is 6.78. The van der Waals surface area contributed by atoms with Crippen LogP contribution in [0.3, 0.4) is 0 Å². The SMILES string of the molecule is C[C@@H](Nc1ncc2cc(-c3ncnc4[nH]ncc34)ccc2n1)c1ccc(O)cc1. The van der Waals surface area contributed by atoms with Crippen molar-refractivity contribution in [2.24, 2.45) is 0 Å². The van der Waals surface area contributed by atoms with Gasteiger partial charge in [0.05, 0.1) is 28.8 Å². The molecule has 5 aromatic rings. The molecule has 0 fully saturated rings. The highest BCUT2D eigenvalue weighted by Gasteiger charge is 2.11. The number of aromatic nitrogens is 6. The maximum Gasteiger partial charge on any atom is 0.223 e. The van der Waals surface area contributed by atoms with E-state index in [-0.39, 0.29) is 11.8 Å².